The number of carbonyl (C=O) groups excluding carboxylic acids is 1. The van der Waals surface area contributed by atoms with Gasteiger partial charge in [0.25, 0.3) is 0 Å². The predicted octanol–water partition coefficient (Wildman–Crippen LogP) is 2.45. The fourth-order valence-electron chi connectivity index (χ4n) is 2.57. The molecule has 5 nitrogen and oxygen atoms in total. The minimum Gasteiger partial charge on any atom is -0.454 e. The van der Waals surface area contributed by atoms with Crippen molar-refractivity contribution < 1.29 is 14.3 Å². The van der Waals surface area contributed by atoms with Crippen LogP contribution in [-0.2, 0) is 14.3 Å². The number of nitrogens with zero attached hydrogens (tertiary/aromatic N) is 2. The summed E-state index contributed by atoms with van der Waals surface area (Å²) in [6.45, 7) is 1.39. The van der Waals surface area contributed by atoms with Gasteiger partial charge in [0.05, 0.1) is 11.4 Å². The molecule has 0 N–H and O–H groups in total. The summed E-state index contributed by atoms with van der Waals surface area (Å²) in [5.41, 5.74) is 3.22. The van der Waals surface area contributed by atoms with Gasteiger partial charge in [0.15, 0.2) is 6.10 Å². The smallest absolute Gasteiger partial charge is 0.303 e. The zero-order valence-corrected chi connectivity index (χ0v) is 11.2. The summed E-state index contributed by atoms with van der Waals surface area (Å²) >= 11 is 0. The number of aromatic nitrogens is 2. The molecule has 102 valence electrons. The van der Waals surface area contributed by atoms with Gasteiger partial charge in [-0.2, -0.15) is 0 Å². The number of fused-ring (bicyclic) bond motifs is 3. The lowest BCUT2D eigenvalue weighted by Gasteiger charge is -2.32. The summed E-state index contributed by atoms with van der Waals surface area (Å²) in [4.78, 5) is 20.1. The third-order valence-corrected chi connectivity index (χ3v) is 3.34. The molecule has 1 aliphatic rings. The number of hydrogen-bond acceptors (Lipinski definition) is 5. The highest BCUT2D eigenvalue weighted by Gasteiger charge is 2.37. The van der Waals surface area contributed by atoms with Crippen LogP contribution in [0.5, 0.6) is 0 Å². The highest BCUT2D eigenvalue weighted by Crippen LogP contribution is 2.45. The first-order valence-corrected chi connectivity index (χ1v) is 6.32. The van der Waals surface area contributed by atoms with E-state index in [9.17, 15) is 4.79 Å². The number of hydrogen-bond donors (Lipinski definition) is 0. The zero-order valence-electron chi connectivity index (χ0n) is 11.2. The quantitative estimate of drug-likeness (QED) is 0.784. The van der Waals surface area contributed by atoms with Crippen molar-refractivity contribution in [2.45, 2.75) is 19.1 Å². The average molecular weight is 270 g/mol. The summed E-state index contributed by atoms with van der Waals surface area (Å²) in [6.07, 6.45) is 2.54. The van der Waals surface area contributed by atoms with Gasteiger partial charge in [0.2, 0.25) is 0 Å². The maximum Gasteiger partial charge on any atom is 0.303 e. The number of pyridine rings is 2. The second kappa shape index (κ2) is 5.02. The van der Waals surface area contributed by atoms with Crippen molar-refractivity contribution in [2.24, 2.45) is 0 Å². The first kappa shape index (κ1) is 12.7. The minimum absolute atomic E-state index is 0.348. The Bertz CT molecular complexity index is 657. The Morgan fingerprint density at radius 2 is 1.60 bits per heavy atom. The molecule has 2 heterocycles. The van der Waals surface area contributed by atoms with Gasteiger partial charge in [0, 0.05) is 37.6 Å². The molecule has 0 unspecified atom stereocenters. The molecule has 0 amide bonds. The fraction of sp³-hybridized carbons (Fsp3) is 0.267. The molecule has 0 saturated carbocycles. The maximum atomic E-state index is 11.4. The molecule has 2 aromatic heterocycles. The van der Waals surface area contributed by atoms with Crippen molar-refractivity contribution in [3.63, 3.8) is 0 Å². The van der Waals surface area contributed by atoms with Gasteiger partial charge >= 0.3 is 5.97 Å². The van der Waals surface area contributed by atoms with Crippen LogP contribution in [0.25, 0.3) is 11.4 Å². The second-order valence-electron chi connectivity index (χ2n) is 4.57. The first-order chi connectivity index (χ1) is 9.72. The van der Waals surface area contributed by atoms with Crippen molar-refractivity contribution in [1.82, 2.24) is 9.97 Å². The Morgan fingerprint density at radius 3 is 2.10 bits per heavy atom. The van der Waals surface area contributed by atoms with Crippen LogP contribution in [0.15, 0.2) is 36.7 Å². The van der Waals surface area contributed by atoms with E-state index in [1.54, 1.807) is 19.5 Å². The highest BCUT2D eigenvalue weighted by atomic mass is 16.6. The summed E-state index contributed by atoms with van der Waals surface area (Å²) < 4.78 is 11.0. The number of methoxy groups -OCH3 is 1. The number of esters is 1. The van der Waals surface area contributed by atoms with E-state index in [4.69, 9.17) is 9.47 Å². The number of rotatable bonds is 2. The van der Waals surface area contributed by atoms with Gasteiger partial charge < -0.3 is 9.47 Å². The van der Waals surface area contributed by atoms with Crippen molar-refractivity contribution in [3.05, 3.63) is 47.8 Å². The molecule has 0 aromatic carbocycles. The van der Waals surface area contributed by atoms with E-state index in [2.05, 4.69) is 9.97 Å². The molecule has 3 rings (SSSR count). The van der Waals surface area contributed by atoms with Gasteiger partial charge in [-0.1, -0.05) is 12.1 Å². The van der Waals surface area contributed by atoms with E-state index in [-0.39, 0.29) is 12.1 Å². The molecule has 0 radical (unpaired) electrons. The molecule has 0 fully saturated rings. The minimum atomic E-state index is -0.502. The SMILES string of the molecule is CO[C@@H]1c2cccnc2-c2ncccc2[C@H]1OC(C)=O. The lowest BCUT2D eigenvalue weighted by molar-refractivity contribution is -0.155. The first-order valence-electron chi connectivity index (χ1n) is 6.32. The molecule has 2 aromatic rings. The Morgan fingerprint density at radius 1 is 1.05 bits per heavy atom. The Hall–Kier alpha value is -2.27. The third-order valence-electron chi connectivity index (χ3n) is 3.34. The van der Waals surface area contributed by atoms with Crippen LogP contribution in [0, 0.1) is 0 Å². The molecule has 0 aliphatic heterocycles. The normalized spacial score (nSPS) is 19.9. The summed E-state index contributed by atoms with van der Waals surface area (Å²) in [5.74, 6) is -0.348. The molecule has 1 aliphatic carbocycles. The topological polar surface area (TPSA) is 61.3 Å². The van der Waals surface area contributed by atoms with E-state index in [1.165, 1.54) is 6.92 Å². The van der Waals surface area contributed by atoms with E-state index in [1.807, 2.05) is 24.3 Å². The average Bonchev–Trinajstić information content (AvgIpc) is 2.47. The second-order valence-corrected chi connectivity index (χ2v) is 4.57. The van der Waals surface area contributed by atoms with Gasteiger partial charge in [0.1, 0.15) is 6.10 Å². The summed E-state index contributed by atoms with van der Waals surface area (Å²) in [7, 11) is 1.60. The molecule has 5 heteroatoms. The molecule has 20 heavy (non-hydrogen) atoms. The lowest BCUT2D eigenvalue weighted by atomic mass is 9.87. The van der Waals surface area contributed by atoms with Gasteiger partial charge in [-0.05, 0) is 12.1 Å². The van der Waals surface area contributed by atoms with Gasteiger partial charge in [-0.3, -0.25) is 14.8 Å². The van der Waals surface area contributed by atoms with Crippen LogP contribution in [0.3, 0.4) is 0 Å². The number of carbonyl (C=O) groups is 1. The van der Waals surface area contributed by atoms with E-state index >= 15 is 0 Å². The van der Waals surface area contributed by atoms with Crippen molar-refractivity contribution in [3.8, 4) is 11.4 Å². The number of ether oxygens (including phenoxy) is 2. The third kappa shape index (κ3) is 1.96. The van der Waals surface area contributed by atoms with Crippen LogP contribution in [0.4, 0.5) is 0 Å². The highest BCUT2D eigenvalue weighted by molar-refractivity contribution is 5.70. The molecular weight excluding hydrogens is 256 g/mol. The Kier molecular flexibility index (Phi) is 3.20. The summed E-state index contributed by atoms with van der Waals surface area (Å²) in [6, 6.07) is 7.46. The summed E-state index contributed by atoms with van der Waals surface area (Å²) in [5, 5.41) is 0. The standard InChI is InChI=1S/C15H14N2O3/c1-9(18)20-15-11-6-4-8-17-13(11)12-10(14(15)19-2)5-3-7-16-12/h3-8,14-15H,1-2H3/t14-,15-/m1/s1. The van der Waals surface area contributed by atoms with Crippen molar-refractivity contribution in [2.75, 3.05) is 7.11 Å². The maximum absolute atomic E-state index is 11.4. The predicted molar refractivity (Wildman–Crippen MR) is 71.7 cm³/mol. The van der Waals surface area contributed by atoms with E-state index in [0.717, 1.165) is 22.5 Å². The molecule has 0 spiro atoms. The largest absolute Gasteiger partial charge is 0.454 e. The Balaban J connectivity index is 2.21. The van der Waals surface area contributed by atoms with Gasteiger partial charge in [-0.25, -0.2) is 0 Å². The van der Waals surface area contributed by atoms with Crippen molar-refractivity contribution >= 4 is 5.97 Å². The van der Waals surface area contributed by atoms with Gasteiger partial charge in [-0.15, -0.1) is 0 Å². The van der Waals surface area contributed by atoms with Crippen LogP contribution >= 0.6 is 0 Å². The fourth-order valence-corrected chi connectivity index (χ4v) is 2.57. The van der Waals surface area contributed by atoms with Crippen molar-refractivity contribution in [1.29, 1.82) is 0 Å². The van der Waals surface area contributed by atoms with E-state index in [0.29, 0.717) is 0 Å². The lowest BCUT2D eigenvalue weighted by Crippen LogP contribution is -2.24. The van der Waals surface area contributed by atoms with Crippen LogP contribution in [-0.4, -0.2) is 23.0 Å². The van der Waals surface area contributed by atoms with Crippen LogP contribution in [0.2, 0.25) is 0 Å². The molecular formula is C15H14N2O3. The Labute approximate surface area is 116 Å². The molecule has 2 atom stereocenters. The van der Waals surface area contributed by atoms with Crippen LogP contribution < -0.4 is 0 Å². The van der Waals surface area contributed by atoms with Crippen LogP contribution in [0.1, 0.15) is 30.3 Å². The zero-order chi connectivity index (χ0) is 14.1. The monoisotopic (exact) mass is 270 g/mol. The molecule has 0 bridgehead atoms. The van der Waals surface area contributed by atoms with E-state index < -0.39 is 6.10 Å². The molecule has 0 saturated heterocycles.